The predicted octanol–water partition coefficient (Wildman–Crippen LogP) is 13.1. The number of thioether (sulfide) groups is 1. The van der Waals surface area contributed by atoms with Gasteiger partial charge < -0.3 is 60.3 Å². The third kappa shape index (κ3) is 28.4. The van der Waals surface area contributed by atoms with E-state index in [2.05, 4.69) is 42.3 Å². The number of rotatable bonds is 40. The van der Waals surface area contributed by atoms with Crippen LogP contribution in [0.25, 0.3) is 54.5 Å². The van der Waals surface area contributed by atoms with Crippen LogP contribution in [-0.4, -0.2) is 176 Å². The Morgan fingerprint density at radius 2 is 0.704 bits per heavy atom. The maximum atomic E-state index is 13.8. The molecule has 0 aliphatic heterocycles. The number of carbonyl (C=O) groups excluding carboxylic acids is 8. The van der Waals surface area contributed by atoms with Crippen LogP contribution < -0.4 is 53.0 Å². The fraction of sp³-hybridized carbons (Fsp3) is 0.312. The Morgan fingerprint density at radius 3 is 1.06 bits per heavy atom. The molecule has 0 spiro atoms. The molecule has 2 unspecified atom stereocenters. The number of nitrogens with one attached hydrogen (secondary N) is 4. The zero-order valence-electron chi connectivity index (χ0n) is 74.7. The Balaban J connectivity index is 0.000000233. The minimum atomic E-state index is -4.78. The standard InChI is InChI=1S/C25H19F7N2O6.C24H18F7N3O6.C24H23FN2O5.C20H24FN3O5S/c1-2-17(34-6-5-11-3-4-12(25(30,31)32)7-13(11)24(34)39)23(38)33-16(9-19(36)37)18(35)10-40-22-20(28)14(26)8-15(27)21(22)29;1-2-16(34-9-32-14-4-3-10(24(29,30)31)5-11(14)23(34)39)22(38)33-15(7-18(36)37)17(35)8-40-21-19(27)12(25)6-13(26)20(21)28;1-2-20(23(31)26-19(13-22(29)30)21(28)14-25)27-11-10-16-8-9-17(12-18(16)24(27)32)15-6-4-3-5-7-15;1-3-7-30-12-5-6-14-13(8-12)20(29)24(11-22-14)16(4-2)19(28)23-15(9-18(26)27)17(25)10-21/h3-8,16-17H,2,9-10H2,1H3,(H,33,38)(H,36,37);3-6,9,15-16H,2,7-8H2,1H3,(H,33,38)(H,36,37);3-12,19-20H,2,13-14H2,1H3,(H,26,31)(H,29,30);5-6,8,11,15-16H,3-4,7,9-10H2,1-2H3,(H,23,28)(H,26,27)/t16-,17-;15-,16-;19?,20-;15?,16-/m0000/s1. The highest BCUT2D eigenvalue weighted by molar-refractivity contribution is 7.99. The van der Waals surface area contributed by atoms with E-state index in [1.807, 2.05) is 53.8 Å². The van der Waals surface area contributed by atoms with E-state index in [1.54, 1.807) is 49.9 Å². The van der Waals surface area contributed by atoms with Crippen LogP contribution >= 0.6 is 11.8 Å². The molecule has 0 aliphatic rings. The molecule has 756 valence electrons. The summed E-state index contributed by atoms with van der Waals surface area (Å²) in [5.41, 5.74) is -2.91. The molecule has 0 aliphatic carbocycles. The van der Waals surface area contributed by atoms with Crippen LogP contribution in [-0.2, 0) is 69.9 Å². The highest BCUT2D eigenvalue weighted by atomic mass is 32.2. The maximum absolute atomic E-state index is 13.8. The summed E-state index contributed by atoms with van der Waals surface area (Å²) in [4.78, 5) is 206. The van der Waals surface area contributed by atoms with Gasteiger partial charge in [-0.05, 0) is 126 Å². The minimum absolute atomic E-state index is 0.101. The summed E-state index contributed by atoms with van der Waals surface area (Å²) < 4.78 is 226. The number of amides is 4. The number of pyridine rings is 2. The summed E-state index contributed by atoms with van der Waals surface area (Å²) in [5.74, 6) is -31.7. The molecule has 4 amide bonds. The lowest BCUT2D eigenvalue weighted by molar-refractivity contribution is -0.141. The van der Waals surface area contributed by atoms with E-state index in [0.29, 0.717) is 44.4 Å². The van der Waals surface area contributed by atoms with Gasteiger partial charge in [-0.3, -0.25) is 85.8 Å². The molecule has 49 heteroatoms. The average Bonchev–Trinajstić information content (AvgIpc) is 0.785. The number of aromatic nitrogens is 6. The number of hydrogen-bond acceptors (Lipinski definition) is 21. The first-order chi connectivity index (χ1) is 67.0. The molecule has 32 nitrogen and oxygen atoms in total. The second kappa shape index (κ2) is 49.9. The van der Waals surface area contributed by atoms with Gasteiger partial charge in [0.25, 0.3) is 22.2 Å². The Kier molecular flexibility index (Phi) is 39.3. The van der Waals surface area contributed by atoms with E-state index in [0.717, 1.165) is 68.1 Å². The lowest BCUT2D eigenvalue weighted by Gasteiger charge is -2.22. The van der Waals surface area contributed by atoms with Crippen molar-refractivity contribution in [2.45, 2.75) is 158 Å². The lowest BCUT2D eigenvalue weighted by Crippen LogP contribution is -2.48. The van der Waals surface area contributed by atoms with Crippen molar-refractivity contribution in [3.05, 3.63) is 252 Å². The van der Waals surface area contributed by atoms with Crippen LogP contribution in [0.4, 0.5) is 70.2 Å². The largest absolute Gasteiger partial charge is 0.481 e. The van der Waals surface area contributed by atoms with Gasteiger partial charge in [-0.1, -0.05) is 83.1 Å². The summed E-state index contributed by atoms with van der Waals surface area (Å²) in [7, 11) is 0. The number of carboxylic acids is 4. The zero-order chi connectivity index (χ0) is 105. The Morgan fingerprint density at radius 1 is 0.380 bits per heavy atom. The van der Waals surface area contributed by atoms with Crippen LogP contribution in [0.1, 0.15) is 128 Å². The number of Topliss-reactive ketones (excluding diaryl/α,β-unsaturated/α-hetero) is 4. The molecule has 11 aromatic rings. The highest BCUT2D eigenvalue weighted by Crippen LogP contribution is 2.35. The molecule has 0 saturated carbocycles. The molecular formula is C93H84F16N10O22S. The Hall–Kier alpha value is -15.5. The predicted molar refractivity (Wildman–Crippen MR) is 474 cm³/mol. The number of ketones is 4. The topological polar surface area (TPSA) is 466 Å². The minimum Gasteiger partial charge on any atom is -0.481 e. The number of alkyl halides is 8. The Labute approximate surface area is 794 Å². The van der Waals surface area contributed by atoms with Crippen molar-refractivity contribution in [2.24, 2.45) is 0 Å². The first-order valence-corrected chi connectivity index (χ1v) is 43.3. The highest BCUT2D eigenvalue weighted by Gasteiger charge is 2.38. The number of ether oxygens (including phenoxy) is 2. The van der Waals surface area contributed by atoms with Crippen LogP contribution in [0.5, 0.6) is 11.5 Å². The van der Waals surface area contributed by atoms with E-state index < -0.39 is 280 Å². The van der Waals surface area contributed by atoms with Gasteiger partial charge in [0.05, 0.1) is 71.3 Å². The number of aliphatic carboxylic acids is 4. The monoisotopic (exact) mass is 2030 g/mol. The molecule has 8 N–H and O–H groups in total. The number of nitrogens with zero attached hydrogens (tertiary/aromatic N) is 6. The zero-order valence-corrected chi connectivity index (χ0v) is 75.5. The van der Waals surface area contributed by atoms with Crippen molar-refractivity contribution in [3.8, 4) is 22.6 Å². The number of fused-ring (bicyclic) bond motifs is 4. The van der Waals surface area contributed by atoms with Crippen LogP contribution in [0, 0.1) is 46.5 Å². The molecule has 0 saturated heterocycles. The number of halogens is 16. The molecule has 0 fully saturated rings. The van der Waals surface area contributed by atoms with E-state index in [-0.39, 0.29) is 54.1 Å². The van der Waals surface area contributed by atoms with E-state index in [1.165, 1.54) is 37.0 Å². The fourth-order valence-corrected chi connectivity index (χ4v) is 14.8. The molecule has 11 rings (SSSR count). The number of benzene rings is 7. The summed E-state index contributed by atoms with van der Waals surface area (Å²) in [6, 6.07) is 16.1. The summed E-state index contributed by atoms with van der Waals surface area (Å²) in [6.07, 6.45) is -7.34. The van der Waals surface area contributed by atoms with E-state index in [4.69, 9.17) is 20.4 Å². The molecule has 142 heavy (non-hydrogen) atoms. The molecule has 4 heterocycles. The van der Waals surface area contributed by atoms with Crippen LogP contribution in [0.2, 0.25) is 0 Å². The molecule has 4 aromatic heterocycles. The van der Waals surface area contributed by atoms with Gasteiger partial charge >= 0.3 is 36.2 Å². The van der Waals surface area contributed by atoms with Crippen molar-refractivity contribution >= 4 is 126 Å². The molecule has 7 aromatic carbocycles. The normalized spacial score (nSPS) is 13.0. The second-order valence-electron chi connectivity index (χ2n) is 30.8. The number of hydrogen-bond donors (Lipinski definition) is 8. The van der Waals surface area contributed by atoms with Gasteiger partial charge in [0.2, 0.25) is 46.9 Å². The van der Waals surface area contributed by atoms with Crippen molar-refractivity contribution in [1.82, 2.24) is 49.5 Å². The Bertz CT molecular complexity index is 6610. The molecule has 0 radical (unpaired) electrons. The van der Waals surface area contributed by atoms with E-state index >= 15 is 0 Å². The number of carbonyl (C=O) groups is 12. The third-order valence-corrected chi connectivity index (χ3v) is 22.4. The van der Waals surface area contributed by atoms with Crippen molar-refractivity contribution in [2.75, 3.05) is 32.3 Å². The van der Waals surface area contributed by atoms with Crippen molar-refractivity contribution in [3.63, 3.8) is 0 Å². The number of carboxylic acid groups (broad SMARTS) is 4. The summed E-state index contributed by atoms with van der Waals surface area (Å²) in [5, 5.41) is 45.6. The average molecular weight is 2030 g/mol. The van der Waals surface area contributed by atoms with Gasteiger partial charge in [0.15, 0.2) is 57.9 Å². The molecule has 8 atom stereocenters. The quantitative estimate of drug-likeness (QED) is 0.0100. The first kappa shape index (κ1) is 112. The molecule has 0 bridgehead atoms. The van der Waals surface area contributed by atoms with Crippen LogP contribution in [0.15, 0.2) is 177 Å². The first-order valence-electron chi connectivity index (χ1n) is 42.3. The van der Waals surface area contributed by atoms with Gasteiger partial charge in [0, 0.05) is 40.2 Å². The van der Waals surface area contributed by atoms with Gasteiger partial charge in [-0.25, -0.2) is 36.3 Å². The summed E-state index contributed by atoms with van der Waals surface area (Å²) >= 11 is 1.61. The maximum Gasteiger partial charge on any atom is 0.416 e. The summed E-state index contributed by atoms with van der Waals surface area (Å²) in [6.45, 7) is 2.78. The second-order valence-corrected chi connectivity index (χ2v) is 32.0. The lowest BCUT2D eigenvalue weighted by atomic mass is 10.0. The van der Waals surface area contributed by atoms with Gasteiger partial charge in [-0.15, -0.1) is 11.8 Å². The van der Waals surface area contributed by atoms with Crippen molar-refractivity contribution in [1.29, 1.82) is 0 Å². The smallest absolute Gasteiger partial charge is 0.416 e. The van der Waals surface area contributed by atoms with Gasteiger partial charge in [-0.2, -0.15) is 43.9 Å². The molecular weight excluding hydrogens is 1950 g/mol. The fourth-order valence-electron chi connectivity index (χ4n) is 14.0. The van der Waals surface area contributed by atoms with Gasteiger partial charge in [0.1, 0.15) is 74.9 Å². The third-order valence-electron chi connectivity index (χ3n) is 21.2. The van der Waals surface area contributed by atoms with Crippen molar-refractivity contribution < 1.29 is 158 Å². The SMILES string of the molecule is CCCSc1ccc2ncn([C@@H](CC)C(=O)NC(CC(=O)O)C(=O)CF)c(=O)c2c1.CC[C@@H](C(=O)NC(CC(=O)O)C(=O)CF)n1ccc2ccc(-c3ccccc3)cc2c1=O.CC[C@@H](C(=O)N[C@@H](CC(=O)O)C(=O)COc1c(F)c(F)cc(F)c1F)n1ccc2ccc(C(F)(F)F)cc2c1=O.CC[C@@H](C(=O)N[C@@H](CC(=O)O)C(=O)COc1c(F)c(F)cc(F)c1F)n1cnc2ccc(C(F)(F)F)cc2c1=O. The van der Waals surface area contributed by atoms with Crippen LogP contribution in [0.3, 0.4) is 0 Å². The van der Waals surface area contributed by atoms with E-state index in [9.17, 15) is 147 Å².